The Hall–Kier alpha value is -1.36. The SMILES string of the molecule is CCc1nc(NN)cc(OC(C)CC)n1. The first kappa shape index (κ1) is 11.7. The molecular formula is C10H18N4O. The Balaban J connectivity index is 2.86. The lowest BCUT2D eigenvalue weighted by Gasteiger charge is -2.12. The summed E-state index contributed by atoms with van der Waals surface area (Å²) in [6.07, 6.45) is 1.85. The second-order valence-electron chi connectivity index (χ2n) is 3.34. The van der Waals surface area contributed by atoms with Crippen molar-refractivity contribution in [2.24, 2.45) is 5.84 Å². The van der Waals surface area contributed by atoms with E-state index in [1.807, 2.05) is 13.8 Å². The Kier molecular flexibility index (Phi) is 4.30. The molecule has 0 saturated heterocycles. The highest BCUT2D eigenvalue weighted by Gasteiger charge is 2.06. The van der Waals surface area contributed by atoms with E-state index in [0.29, 0.717) is 11.7 Å². The Morgan fingerprint density at radius 1 is 1.47 bits per heavy atom. The van der Waals surface area contributed by atoms with Gasteiger partial charge in [0.25, 0.3) is 0 Å². The molecule has 0 saturated carbocycles. The number of nitrogens with one attached hydrogen (secondary N) is 1. The van der Waals surface area contributed by atoms with Crippen LogP contribution in [0.3, 0.4) is 0 Å². The van der Waals surface area contributed by atoms with Crippen molar-refractivity contribution in [3.05, 3.63) is 11.9 Å². The molecular weight excluding hydrogens is 192 g/mol. The van der Waals surface area contributed by atoms with Gasteiger partial charge in [-0.1, -0.05) is 13.8 Å². The van der Waals surface area contributed by atoms with Crippen molar-refractivity contribution in [2.75, 3.05) is 5.43 Å². The van der Waals surface area contributed by atoms with Crippen molar-refractivity contribution in [1.29, 1.82) is 0 Å². The number of aryl methyl sites for hydroxylation is 1. The lowest BCUT2D eigenvalue weighted by atomic mass is 10.3. The van der Waals surface area contributed by atoms with E-state index in [4.69, 9.17) is 10.6 Å². The number of hydrazine groups is 1. The van der Waals surface area contributed by atoms with Gasteiger partial charge in [0.2, 0.25) is 5.88 Å². The third-order valence-electron chi connectivity index (χ3n) is 2.11. The third-order valence-corrected chi connectivity index (χ3v) is 2.11. The summed E-state index contributed by atoms with van der Waals surface area (Å²) in [7, 11) is 0. The van der Waals surface area contributed by atoms with Gasteiger partial charge in [0.1, 0.15) is 11.6 Å². The number of nitrogens with zero attached hydrogens (tertiary/aromatic N) is 2. The van der Waals surface area contributed by atoms with E-state index in [1.54, 1.807) is 6.07 Å². The van der Waals surface area contributed by atoms with Crippen LogP contribution in [0, 0.1) is 0 Å². The molecule has 0 aromatic carbocycles. The monoisotopic (exact) mass is 210 g/mol. The smallest absolute Gasteiger partial charge is 0.219 e. The average molecular weight is 210 g/mol. The minimum absolute atomic E-state index is 0.148. The topological polar surface area (TPSA) is 73.1 Å². The van der Waals surface area contributed by atoms with Crippen LogP contribution in [-0.2, 0) is 6.42 Å². The zero-order chi connectivity index (χ0) is 11.3. The maximum Gasteiger partial charge on any atom is 0.219 e. The van der Waals surface area contributed by atoms with Crippen LogP contribution in [0.15, 0.2) is 6.07 Å². The molecule has 0 spiro atoms. The van der Waals surface area contributed by atoms with Crippen molar-refractivity contribution in [2.45, 2.75) is 39.7 Å². The minimum atomic E-state index is 0.148. The molecule has 5 heteroatoms. The molecule has 1 heterocycles. The van der Waals surface area contributed by atoms with Gasteiger partial charge < -0.3 is 10.2 Å². The summed E-state index contributed by atoms with van der Waals surface area (Å²) in [5, 5.41) is 0. The molecule has 3 N–H and O–H groups in total. The predicted molar refractivity (Wildman–Crippen MR) is 59.6 cm³/mol. The van der Waals surface area contributed by atoms with Crippen LogP contribution in [0.5, 0.6) is 5.88 Å². The normalized spacial score (nSPS) is 12.3. The zero-order valence-corrected chi connectivity index (χ0v) is 9.45. The molecule has 84 valence electrons. The zero-order valence-electron chi connectivity index (χ0n) is 9.45. The van der Waals surface area contributed by atoms with Gasteiger partial charge in [0.05, 0.1) is 6.10 Å². The van der Waals surface area contributed by atoms with E-state index in [1.165, 1.54) is 0 Å². The standard InChI is InChI=1S/C10H18N4O/c1-4-7(3)15-10-6-9(14-11)12-8(5-2)13-10/h6-7H,4-5,11H2,1-3H3,(H,12,13,14). The second-order valence-corrected chi connectivity index (χ2v) is 3.34. The average Bonchev–Trinajstić information content (AvgIpc) is 2.28. The van der Waals surface area contributed by atoms with Gasteiger partial charge >= 0.3 is 0 Å². The second kappa shape index (κ2) is 5.50. The summed E-state index contributed by atoms with van der Waals surface area (Å²) in [4.78, 5) is 8.44. The van der Waals surface area contributed by atoms with E-state index >= 15 is 0 Å². The quantitative estimate of drug-likeness (QED) is 0.569. The van der Waals surface area contributed by atoms with Crippen LogP contribution >= 0.6 is 0 Å². The highest BCUT2D eigenvalue weighted by atomic mass is 16.5. The van der Waals surface area contributed by atoms with Crippen molar-refractivity contribution >= 4 is 5.82 Å². The first-order valence-electron chi connectivity index (χ1n) is 5.20. The fraction of sp³-hybridized carbons (Fsp3) is 0.600. The summed E-state index contributed by atoms with van der Waals surface area (Å²) in [6, 6.07) is 1.70. The Bertz CT molecular complexity index is 294. The van der Waals surface area contributed by atoms with Crippen LogP contribution < -0.4 is 16.0 Å². The lowest BCUT2D eigenvalue weighted by molar-refractivity contribution is 0.208. The maximum atomic E-state index is 5.60. The number of ether oxygens (including phenoxy) is 1. The highest BCUT2D eigenvalue weighted by molar-refractivity contribution is 5.37. The van der Waals surface area contributed by atoms with Gasteiger partial charge in [-0.15, -0.1) is 0 Å². The lowest BCUT2D eigenvalue weighted by Crippen LogP contribution is -2.14. The Morgan fingerprint density at radius 3 is 2.73 bits per heavy atom. The molecule has 1 aromatic heterocycles. The van der Waals surface area contributed by atoms with Crippen LogP contribution in [0.4, 0.5) is 5.82 Å². The Morgan fingerprint density at radius 2 is 2.20 bits per heavy atom. The molecule has 1 rings (SSSR count). The van der Waals surface area contributed by atoms with E-state index in [-0.39, 0.29) is 6.10 Å². The van der Waals surface area contributed by atoms with E-state index in [2.05, 4.69) is 22.3 Å². The molecule has 0 aliphatic carbocycles. The number of nitrogens with two attached hydrogens (primary N) is 1. The van der Waals surface area contributed by atoms with E-state index in [0.717, 1.165) is 18.7 Å². The molecule has 1 atom stereocenters. The highest BCUT2D eigenvalue weighted by Crippen LogP contribution is 2.15. The van der Waals surface area contributed by atoms with Crippen molar-refractivity contribution < 1.29 is 4.74 Å². The molecule has 0 radical (unpaired) electrons. The summed E-state index contributed by atoms with van der Waals surface area (Å²) in [5.74, 6) is 7.19. The van der Waals surface area contributed by atoms with Crippen LogP contribution in [0.2, 0.25) is 0 Å². The molecule has 1 aromatic rings. The molecule has 1 unspecified atom stereocenters. The predicted octanol–water partition coefficient (Wildman–Crippen LogP) is 1.50. The van der Waals surface area contributed by atoms with E-state index in [9.17, 15) is 0 Å². The van der Waals surface area contributed by atoms with E-state index < -0.39 is 0 Å². The molecule has 0 bridgehead atoms. The number of aromatic nitrogens is 2. The van der Waals surface area contributed by atoms with Gasteiger partial charge in [-0.05, 0) is 13.3 Å². The number of hydrogen-bond donors (Lipinski definition) is 2. The van der Waals surface area contributed by atoms with Crippen molar-refractivity contribution in [3.63, 3.8) is 0 Å². The number of anilines is 1. The fourth-order valence-electron chi connectivity index (χ4n) is 1.05. The first-order chi connectivity index (χ1) is 7.19. The largest absolute Gasteiger partial charge is 0.475 e. The minimum Gasteiger partial charge on any atom is -0.475 e. The number of nitrogen functional groups attached to an aromatic ring is 1. The molecule has 0 fully saturated rings. The van der Waals surface area contributed by atoms with Crippen LogP contribution in [0.1, 0.15) is 33.0 Å². The molecule has 0 aliphatic rings. The molecule has 0 amide bonds. The summed E-state index contributed by atoms with van der Waals surface area (Å²) in [5.41, 5.74) is 2.50. The van der Waals surface area contributed by atoms with Crippen LogP contribution in [-0.4, -0.2) is 16.1 Å². The molecule has 5 nitrogen and oxygen atoms in total. The third kappa shape index (κ3) is 3.36. The van der Waals surface area contributed by atoms with Crippen LogP contribution in [0.25, 0.3) is 0 Å². The Labute approximate surface area is 90.0 Å². The maximum absolute atomic E-state index is 5.60. The van der Waals surface area contributed by atoms with Gasteiger partial charge in [-0.25, -0.2) is 10.8 Å². The van der Waals surface area contributed by atoms with Gasteiger partial charge in [0, 0.05) is 12.5 Å². The van der Waals surface area contributed by atoms with Crippen molar-refractivity contribution in [3.8, 4) is 5.88 Å². The first-order valence-corrected chi connectivity index (χ1v) is 5.20. The van der Waals surface area contributed by atoms with Gasteiger partial charge in [0.15, 0.2) is 0 Å². The summed E-state index contributed by atoms with van der Waals surface area (Å²) in [6.45, 7) is 6.06. The van der Waals surface area contributed by atoms with Gasteiger partial charge in [-0.3, -0.25) is 0 Å². The van der Waals surface area contributed by atoms with Gasteiger partial charge in [-0.2, -0.15) is 4.98 Å². The molecule has 15 heavy (non-hydrogen) atoms. The molecule has 0 aliphatic heterocycles. The van der Waals surface area contributed by atoms with Crippen molar-refractivity contribution in [1.82, 2.24) is 9.97 Å². The summed E-state index contributed by atoms with van der Waals surface area (Å²) < 4.78 is 5.60. The number of rotatable bonds is 5. The fourth-order valence-corrected chi connectivity index (χ4v) is 1.05. The number of hydrogen-bond acceptors (Lipinski definition) is 5. The summed E-state index contributed by atoms with van der Waals surface area (Å²) >= 11 is 0.